The van der Waals surface area contributed by atoms with Crippen LogP contribution in [0.1, 0.15) is 21.8 Å². The van der Waals surface area contributed by atoms with Gasteiger partial charge in [-0.2, -0.15) is 0 Å². The first kappa shape index (κ1) is 18.5. The van der Waals surface area contributed by atoms with E-state index in [0.29, 0.717) is 28.7 Å². The van der Waals surface area contributed by atoms with Crippen LogP contribution in [-0.4, -0.2) is 11.0 Å². The maximum absolute atomic E-state index is 12.5. The molecular weight excluding hydrogens is 366 g/mol. The molecule has 0 amide bonds. The van der Waals surface area contributed by atoms with Gasteiger partial charge in [-0.25, -0.2) is 9.78 Å². The molecule has 3 aromatic carbocycles. The largest absolute Gasteiger partial charge is 0.457 e. The number of hydrogen-bond acceptors (Lipinski definition) is 5. The predicted octanol–water partition coefficient (Wildman–Crippen LogP) is 5.97. The van der Waals surface area contributed by atoms with Gasteiger partial charge in [0, 0.05) is 11.6 Å². The van der Waals surface area contributed by atoms with Gasteiger partial charge in [0.15, 0.2) is 0 Å². The second-order valence-corrected chi connectivity index (χ2v) is 6.52. The monoisotopic (exact) mass is 385 g/mol. The lowest BCUT2D eigenvalue weighted by Gasteiger charge is -2.08. The van der Waals surface area contributed by atoms with E-state index in [-0.39, 0.29) is 0 Å². The molecule has 0 aliphatic rings. The summed E-state index contributed by atoms with van der Waals surface area (Å²) in [6.45, 7) is 3.76. The van der Waals surface area contributed by atoms with Crippen molar-refractivity contribution in [2.24, 2.45) is 0 Å². The van der Waals surface area contributed by atoms with E-state index in [2.05, 4.69) is 4.98 Å². The molecule has 5 nitrogen and oxygen atoms in total. The molecule has 144 valence electrons. The van der Waals surface area contributed by atoms with Crippen molar-refractivity contribution in [3.8, 4) is 28.7 Å². The molecular formula is C24H19NO4. The lowest BCUT2D eigenvalue weighted by atomic mass is 10.1. The molecule has 29 heavy (non-hydrogen) atoms. The van der Waals surface area contributed by atoms with E-state index in [1.54, 1.807) is 48.5 Å². The molecule has 1 heterocycles. The van der Waals surface area contributed by atoms with Gasteiger partial charge in [0.25, 0.3) is 0 Å². The number of nitrogens with zero attached hydrogens (tertiary/aromatic N) is 1. The molecule has 0 bridgehead atoms. The number of oxazole rings is 1. The van der Waals surface area contributed by atoms with Crippen molar-refractivity contribution in [2.75, 3.05) is 0 Å². The van der Waals surface area contributed by atoms with Crippen molar-refractivity contribution >= 4 is 5.97 Å². The second-order valence-electron chi connectivity index (χ2n) is 6.52. The molecule has 0 radical (unpaired) electrons. The Bertz CT molecular complexity index is 1110. The molecule has 0 fully saturated rings. The van der Waals surface area contributed by atoms with E-state index >= 15 is 0 Å². The van der Waals surface area contributed by atoms with Gasteiger partial charge >= 0.3 is 5.97 Å². The van der Waals surface area contributed by atoms with Crippen LogP contribution in [0.2, 0.25) is 0 Å². The van der Waals surface area contributed by atoms with Gasteiger partial charge in [-0.1, -0.05) is 24.3 Å². The average molecular weight is 385 g/mol. The number of carbonyl (C=O) groups is 1. The van der Waals surface area contributed by atoms with E-state index < -0.39 is 5.97 Å². The zero-order valence-electron chi connectivity index (χ0n) is 16.1. The highest BCUT2D eigenvalue weighted by molar-refractivity contribution is 5.91. The van der Waals surface area contributed by atoms with Crippen LogP contribution in [0.15, 0.2) is 83.3 Å². The number of rotatable bonds is 5. The molecule has 0 unspecified atom stereocenters. The summed E-state index contributed by atoms with van der Waals surface area (Å²) in [6, 6.07) is 23.3. The molecule has 4 rings (SSSR count). The number of ether oxygens (including phenoxy) is 2. The summed E-state index contributed by atoms with van der Waals surface area (Å²) in [5.74, 6) is 2.57. The molecule has 0 saturated carbocycles. The Kier molecular flexibility index (Phi) is 5.12. The van der Waals surface area contributed by atoms with Crippen LogP contribution in [0.4, 0.5) is 0 Å². The first-order chi connectivity index (χ1) is 14.1. The van der Waals surface area contributed by atoms with Crippen LogP contribution in [0.3, 0.4) is 0 Å². The molecule has 0 atom stereocenters. The van der Waals surface area contributed by atoms with Crippen LogP contribution in [0.5, 0.6) is 17.2 Å². The van der Waals surface area contributed by atoms with Crippen molar-refractivity contribution < 1.29 is 18.7 Å². The topological polar surface area (TPSA) is 61.6 Å². The first-order valence-electron chi connectivity index (χ1n) is 9.18. The normalized spacial score (nSPS) is 10.6. The predicted molar refractivity (Wildman–Crippen MR) is 109 cm³/mol. The van der Waals surface area contributed by atoms with Crippen LogP contribution >= 0.6 is 0 Å². The third kappa shape index (κ3) is 4.35. The molecule has 0 N–H and O–H groups in total. The number of aromatic nitrogens is 1. The number of aryl methyl sites for hydroxylation is 2. The van der Waals surface area contributed by atoms with E-state index in [1.165, 1.54) is 0 Å². The van der Waals surface area contributed by atoms with E-state index in [4.69, 9.17) is 13.9 Å². The molecule has 0 saturated heterocycles. The number of carbonyl (C=O) groups excluding carboxylic acids is 1. The Morgan fingerprint density at radius 1 is 0.828 bits per heavy atom. The minimum Gasteiger partial charge on any atom is -0.457 e. The third-order valence-electron chi connectivity index (χ3n) is 4.39. The van der Waals surface area contributed by atoms with Crippen LogP contribution < -0.4 is 9.47 Å². The quantitative estimate of drug-likeness (QED) is 0.313. The lowest BCUT2D eigenvalue weighted by Crippen LogP contribution is -2.08. The third-order valence-corrected chi connectivity index (χ3v) is 4.39. The summed E-state index contributed by atoms with van der Waals surface area (Å²) < 4.78 is 16.9. The maximum Gasteiger partial charge on any atom is 0.343 e. The van der Waals surface area contributed by atoms with Crippen molar-refractivity contribution in [1.82, 2.24) is 4.98 Å². The number of para-hydroxylation sites is 1. The van der Waals surface area contributed by atoms with Crippen molar-refractivity contribution in [3.63, 3.8) is 0 Å². The molecule has 4 aromatic rings. The molecule has 0 aliphatic carbocycles. The Hall–Kier alpha value is -3.86. The first-order valence-corrected chi connectivity index (χ1v) is 9.18. The van der Waals surface area contributed by atoms with Gasteiger partial charge in [-0.05, 0) is 62.4 Å². The fourth-order valence-electron chi connectivity index (χ4n) is 2.74. The SMILES string of the molecule is Cc1nc(-c2ccc(C(=O)Oc3cccc(Oc4ccccc4)c3)cc2)oc1C. The Labute approximate surface area is 168 Å². The van der Waals surface area contributed by atoms with E-state index in [1.807, 2.05) is 44.2 Å². The van der Waals surface area contributed by atoms with Crippen LogP contribution in [0, 0.1) is 13.8 Å². The van der Waals surface area contributed by atoms with Gasteiger partial charge in [0.05, 0.1) is 11.3 Å². The Morgan fingerprint density at radius 2 is 1.52 bits per heavy atom. The van der Waals surface area contributed by atoms with Crippen LogP contribution in [-0.2, 0) is 0 Å². The highest BCUT2D eigenvalue weighted by Gasteiger charge is 2.12. The Balaban J connectivity index is 1.46. The summed E-state index contributed by atoms with van der Waals surface area (Å²) in [7, 11) is 0. The minimum absolute atomic E-state index is 0.409. The van der Waals surface area contributed by atoms with Gasteiger partial charge in [0.1, 0.15) is 23.0 Å². The highest BCUT2D eigenvalue weighted by atomic mass is 16.5. The molecule has 0 spiro atoms. The summed E-state index contributed by atoms with van der Waals surface area (Å²) in [5, 5.41) is 0. The smallest absolute Gasteiger partial charge is 0.343 e. The van der Waals surface area contributed by atoms with Gasteiger partial charge in [-0.3, -0.25) is 0 Å². The summed E-state index contributed by atoms with van der Waals surface area (Å²) in [6.07, 6.45) is 0. The lowest BCUT2D eigenvalue weighted by molar-refractivity contribution is 0.0734. The fraction of sp³-hybridized carbons (Fsp3) is 0.0833. The second kappa shape index (κ2) is 8.02. The number of esters is 1. The molecule has 1 aromatic heterocycles. The van der Waals surface area contributed by atoms with Crippen molar-refractivity contribution in [1.29, 1.82) is 0 Å². The number of benzene rings is 3. The average Bonchev–Trinajstić information content (AvgIpc) is 3.07. The van der Waals surface area contributed by atoms with Crippen molar-refractivity contribution in [3.05, 3.63) is 95.9 Å². The summed E-state index contributed by atoms with van der Waals surface area (Å²) in [5.41, 5.74) is 2.08. The molecule has 0 aliphatic heterocycles. The van der Waals surface area contributed by atoms with Gasteiger partial charge in [0.2, 0.25) is 5.89 Å². The van der Waals surface area contributed by atoms with E-state index in [9.17, 15) is 4.79 Å². The standard InChI is InChI=1S/C24H19NO4/c1-16-17(2)27-23(25-16)18-11-13-19(14-12-18)24(26)29-22-10-6-9-21(15-22)28-20-7-4-3-5-8-20/h3-15H,1-2H3. The minimum atomic E-state index is -0.451. The summed E-state index contributed by atoms with van der Waals surface area (Å²) in [4.78, 5) is 16.9. The highest BCUT2D eigenvalue weighted by Crippen LogP contribution is 2.26. The Morgan fingerprint density at radius 3 is 2.21 bits per heavy atom. The van der Waals surface area contributed by atoms with Gasteiger partial charge < -0.3 is 13.9 Å². The van der Waals surface area contributed by atoms with Gasteiger partial charge in [-0.15, -0.1) is 0 Å². The number of hydrogen-bond donors (Lipinski definition) is 0. The fourth-order valence-corrected chi connectivity index (χ4v) is 2.74. The zero-order chi connectivity index (χ0) is 20.2. The maximum atomic E-state index is 12.5. The van der Waals surface area contributed by atoms with E-state index in [0.717, 1.165) is 17.0 Å². The van der Waals surface area contributed by atoms with Crippen molar-refractivity contribution in [2.45, 2.75) is 13.8 Å². The molecule has 5 heteroatoms. The summed E-state index contributed by atoms with van der Waals surface area (Å²) >= 11 is 0. The zero-order valence-corrected chi connectivity index (χ0v) is 16.1. The van der Waals surface area contributed by atoms with Crippen LogP contribution in [0.25, 0.3) is 11.5 Å².